The number of rotatable bonds is 9. The lowest BCUT2D eigenvalue weighted by Gasteiger charge is -2.16. The van der Waals surface area contributed by atoms with E-state index >= 15 is 0 Å². The van der Waals surface area contributed by atoms with E-state index in [-0.39, 0.29) is 16.9 Å². The summed E-state index contributed by atoms with van der Waals surface area (Å²) >= 11 is 0. The maximum atomic E-state index is 13.6. The molecule has 0 aliphatic heterocycles. The van der Waals surface area contributed by atoms with Gasteiger partial charge in [-0.05, 0) is 66.4 Å². The Morgan fingerprint density at radius 1 is 0.973 bits per heavy atom. The molecule has 0 fully saturated rings. The first kappa shape index (κ1) is 25.5. The number of aliphatic carboxylic acids is 1. The first-order valence-corrected chi connectivity index (χ1v) is 11.7. The van der Waals surface area contributed by atoms with Crippen LogP contribution in [-0.2, 0) is 17.8 Å². The minimum Gasteiger partial charge on any atom is -0.480 e. The van der Waals surface area contributed by atoms with Gasteiger partial charge in [0.05, 0.1) is 11.3 Å². The van der Waals surface area contributed by atoms with E-state index < -0.39 is 29.2 Å². The molecule has 1 atom stereocenters. The van der Waals surface area contributed by atoms with Gasteiger partial charge in [-0.25, -0.2) is 4.39 Å². The fourth-order valence-corrected chi connectivity index (χ4v) is 4.05. The molecule has 0 amide bonds. The van der Waals surface area contributed by atoms with Crippen molar-refractivity contribution in [1.82, 2.24) is 9.88 Å². The molecule has 8 heteroatoms. The molecule has 0 radical (unpaired) electrons. The van der Waals surface area contributed by atoms with E-state index in [2.05, 4.69) is 5.32 Å². The standard InChI is InChI=1S/C29H26FN3O4/c1-18-15-21(9-13-24(18)30)27(35)23-12-14-26(34)33(28(23)31)22-10-7-20(8-11-22)17-32-25(29(36)37)16-19-5-3-2-4-6-19/h2-15,25,32H,16-17,31H2,1H3,(H,36,37)/t25-/m0/s1. The highest BCUT2D eigenvalue weighted by atomic mass is 19.1. The smallest absolute Gasteiger partial charge is 0.321 e. The summed E-state index contributed by atoms with van der Waals surface area (Å²) in [6.45, 7) is 1.87. The molecule has 0 spiro atoms. The van der Waals surface area contributed by atoms with Crippen LogP contribution in [0, 0.1) is 12.7 Å². The number of benzene rings is 3. The minimum absolute atomic E-state index is 0.0286. The fourth-order valence-electron chi connectivity index (χ4n) is 4.05. The number of carboxylic acid groups (broad SMARTS) is 1. The number of hydrogen-bond donors (Lipinski definition) is 3. The van der Waals surface area contributed by atoms with Crippen molar-refractivity contribution in [2.24, 2.45) is 0 Å². The number of halogens is 1. The van der Waals surface area contributed by atoms with Crippen LogP contribution in [0.15, 0.2) is 89.7 Å². The summed E-state index contributed by atoms with van der Waals surface area (Å²) in [5.74, 6) is -1.82. The highest BCUT2D eigenvalue weighted by molar-refractivity contribution is 6.11. The SMILES string of the molecule is Cc1cc(C(=O)c2ccc(=O)n(-c3ccc(CN[C@@H](Cc4ccccc4)C(=O)O)cc3)c2N)ccc1F. The summed E-state index contributed by atoms with van der Waals surface area (Å²) in [4.78, 5) is 37.4. The number of aryl methyl sites for hydroxylation is 1. The van der Waals surface area contributed by atoms with Crippen molar-refractivity contribution >= 4 is 17.6 Å². The van der Waals surface area contributed by atoms with Gasteiger partial charge in [-0.15, -0.1) is 0 Å². The van der Waals surface area contributed by atoms with Crippen LogP contribution in [-0.4, -0.2) is 27.5 Å². The Labute approximate surface area is 213 Å². The van der Waals surface area contributed by atoms with Gasteiger partial charge in [0, 0.05) is 18.2 Å². The van der Waals surface area contributed by atoms with Gasteiger partial charge in [0.15, 0.2) is 5.78 Å². The van der Waals surface area contributed by atoms with Crippen LogP contribution < -0.4 is 16.6 Å². The lowest BCUT2D eigenvalue weighted by Crippen LogP contribution is -2.38. The predicted molar refractivity (Wildman–Crippen MR) is 139 cm³/mol. The molecule has 0 aliphatic carbocycles. The predicted octanol–water partition coefficient (Wildman–Crippen LogP) is 3.88. The first-order valence-electron chi connectivity index (χ1n) is 11.7. The average molecular weight is 500 g/mol. The zero-order valence-electron chi connectivity index (χ0n) is 20.1. The number of carbonyl (C=O) groups is 2. The summed E-state index contributed by atoms with van der Waals surface area (Å²) in [6.07, 6.45) is 0.342. The Bertz CT molecular complexity index is 1500. The Morgan fingerprint density at radius 3 is 2.32 bits per heavy atom. The second kappa shape index (κ2) is 11.0. The van der Waals surface area contributed by atoms with Gasteiger partial charge in [0.25, 0.3) is 5.56 Å². The molecule has 0 aliphatic rings. The molecule has 4 aromatic rings. The van der Waals surface area contributed by atoms with Crippen LogP contribution in [0.5, 0.6) is 0 Å². The van der Waals surface area contributed by atoms with Crippen molar-refractivity contribution in [3.05, 3.63) is 129 Å². The third-order valence-corrected chi connectivity index (χ3v) is 6.12. The van der Waals surface area contributed by atoms with E-state index in [1.807, 2.05) is 30.3 Å². The third-order valence-electron chi connectivity index (χ3n) is 6.12. The molecule has 3 aromatic carbocycles. The quantitative estimate of drug-likeness (QED) is 0.301. The number of nitrogens with two attached hydrogens (primary N) is 1. The van der Waals surface area contributed by atoms with E-state index in [1.165, 1.54) is 34.9 Å². The number of nitrogens with zero attached hydrogens (tertiary/aromatic N) is 1. The van der Waals surface area contributed by atoms with Crippen LogP contribution in [0.4, 0.5) is 10.2 Å². The molecule has 188 valence electrons. The number of carboxylic acids is 1. The van der Waals surface area contributed by atoms with Gasteiger partial charge in [-0.1, -0.05) is 42.5 Å². The Balaban J connectivity index is 1.53. The van der Waals surface area contributed by atoms with Crippen LogP contribution in [0.2, 0.25) is 0 Å². The lowest BCUT2D eigenvalue weighted by molar-refractivity contribution is -0.139. The number of hydrogen-bond acceptors (Lipinski definition) is 5. The van der Waals surface area contributed by atoms with Gasteiger partial charge >= 0.3 is 5.97 Å². The Hall–Kier alpha value is -4.56. The monoisotopic (exact) mass is 499 g/mol. The largest absolute Gasteiger partial charge is 0.480 e. The number of ketones is 1. The number of carbonyl (C=O) groups excluding carboxylic acids is 1. The van der Waals surface area contributed by atoms with Crippen molar-refractivity contribution in [1.29, 1.82) is 0 Å². The van der Waals surface area contributed by atoms with Crippen LogP contribution in [0.1, 0.15) is 32.6 Å². The van der Waals surface area contributed by atoms with Crippen molar-refractivity contribution in [3.63, 3.8) is 0 Å². The van der Waals surface area contributed by atoms with Crippen LogP contribution in [0.3, 0.4) is 0 Å². The highest BCUT2D eigenvalue weighted by Crippen LogP contribution is 2.20. The zero-order valence-corrected chi connectivity index (χ0v) is 20.1. The molecular formula is C29H26FN3O4. The molecule has 4 rings (SSSR count). The number of nitrogen functional groups attached to an aromatic ring is 1. The van der Waals surface area contributed by atoms with E-state index in [4.69, 9.17) is 5.73 Å². The van der Waals surface area contributed by atoms with Crippen molar-refractivity contribution in [2.45, 2.75) is 25.9 Å². The molecule has 0 saturated heterocycles. The minimum atomic E-state index is -0.947. The highest BCUT2D eigenvalue weighted by Gasteiger charge is 2.19. The molecule has 4 N–H and O–H groups in total. The number of aromatic nitrogens is 1. The molecular weight excluding hydrogens is 473 g/mol. The first-order chi connectivity index (χ1) is 17.7. The van der Waals surface area contributed by atoms with Crippen molar-refractivity contribution < 1.29 is 19.1 Å². The lowest BCUT2D eigenvalue weighted by atomic mass is 10.0. The fraction of sp³-hybridized carbons (Fsp3) is 0.138. The maximum absolute atomic E-state index is 13.6. The molecule has 0 bridgehead atoms. The zero-order chi connectivity index (χ0) is 26.5. The van der Waals surface area contributed by atoms with Gasteiger partial charge in [-0.3, -0.25) is 19.0 Å². The summed E-state index contributed by atoms with van der Waals surface area (Å²) in [7, 11) is 0. The topological polar surface area (TPSA) is 114 Å². The normalized spacial score (nSPS) is 11.7. The van der Waals surface area contributed by atoms with Crippen LogP contribution >= 0.6 is 0 Å². The van der Waals surface area contributed by atoms with Crippen LogP contribution in [0.25, 0.3) is 5.69 Å². The molecule has 0 unspecified atom stereocenters. The van der Waals surface area contributed by atoms with Gasteiger partial charge in [0.2, 0.25) is 0 Å². The Kier molecular flexibility index (Phi) is 7.60. The number of pyridine rings is 1. The van der Waals surface area contributed by atoms with Crippen molar-refractivity contribution in [3.8, 4) is 5.69 Å². The average Bonchev–Trinajstić information content (AvgIpc) is 2.89. The van der Waals surface area contributed by atoms with Gasteiger partial charge < -0.3 is 16.2 Å². The second-order valence-corrected chi connectivity index (χ2v) is 8.73. The second-order valence-electron chi connectivity index (χ2n) is 8.73. The maximum Gasteiger partial charge on any atom is 0.321 e. The van der Waals surface area contributed by atoms with E-state index in [1.54, 1.807) is 31.2 Å². The Morgan fingerprint density at radius 2 is 1.68 bits per heavy atom. The van der Waals surface area contributed by atoms with Crippen molar-refractivity contribution in [2.75, 3.05) is 5.73 Å². The molecule has 7 nitrogen and oxygen atoms in total. The number of anilines is 1. The van der Waals surface area contributed by atoms with Gasteiger partial charge in [-0.2, -0.15) is 0 Å². The van der Waals surface area contributed by atoms with Gasteiger partial charge in [0.1, 0.15) is 17.7 Å². The summed E-state index contributed by atoms with van der Waals surface area (Å²) in [5.41, 5.74) is 8.74. The van der Waals surface area contributed by atoms with E-state index in [0.29, 0.717) is 24.2 Å². The summed E-state index contributed by atoms with van der Waals surface area (Å²) < 4.78 is 14.9. The third kappa shape index (κ3) is 5.82. The molecule has 0 saturated carbocycles. The van der Waals surface area contributed by atoms with E-state index in [0.717, 1.165) is 11.1 Å². The molecule has 37 heavy (non-hydrogen) atoms. The summed E-state index contributed by atoms with van der Waals surface area (Å²) in [6, 6.07) is 22.1. The molecule has 1 heterocycles. The number of nitrogens with one attached hydrogen (secondary N) is 1. The molecule has 1 aromatic heterocycles. The van der Waals surface area contributed by atoms with E-state index in [9.17, 15) is 23.9 Å². The summed E-state index contributed by atoms with van der Waals surface area (Å²) in [5, 5.41) is 12.6.